The van der Waals surface area contributed by atoms with Crippen molar-refractivity contribution in [3.63, 3.8) is 0 Å². The van der Waals surface area contributed by atoms with Gasteiger partial charge in [0.05, 0.1) is 9.92 Å². The molecule has 0 unspecified atom stereocenters. The molecule has 0 saturated heterocycles. The van der Waals surface area contributed by atoms with Gasteiger partial charge in [-0.25, -0.2) is 12.8 Å². The van der Waals surface area contributed by atoms with E-state index in [1.807, 2.05) is 0 Å². The van der Waals surface area contributed by atoms with Gasteiger partial charge in [0.15, 0.2) is 0 Å². The van der Waals surface area contributed by atoms with Crippen molar-refractivity contribution < 1.29 is 12.8 Å². The molecule has 0 aromatic heterocycles. The van der Waals surface area contributed by atoms with E-state index in [2.05, 4.69) is 20.7 Å². The van der Waals surface area contributed by atoms with Gasteiger partial charge in [0.1, 0.15) is 11.5 Å². The summed E-state index contributed by atoms with van der Waals surface area (Å²) in [5.74, 6) is -0.756. The van der Waals surface area contributed by atoms with Crippen LogP contribution in [0.5, 0.6) is 0 Å². The van der Waals surface area contributed by atoms with Crippen molar-refractivity contribution in [2.75, 3.05) is 10.5 Å². The first-order valence-corrected chi connectivity index (χ1v) is 8.40. The fourth-order valence-electron chi connectivity index (χ4n) is 1.74. The summed E-state index contributed by atoms with van der Waals surface area (Å²) in [5.41, 5.74) is 6.14. The molecular weight excluding hydrogens is 383 g/mol. The molecule has 0 saturated carbocycles. The lowest BCUT2D eigenvalue weighted by atomic mass is 10.2. The lowest BCUT2D eigenvalue weighted by Gasteiger charge is -2.13. The van der Waals surface area contributed by atoms with E-state index in [1.165, 1.54) is 18.2 Å². The Morgan fingerprint density at radius 2 is 2.00 bits per heavy atom. The number of anilines is 2. The van der Waals surface area contributed by atoms with Crippen LogP contribution in [0.15, 0.2) is 39.7 Å². The maximum absolute atomic E-state index is 13.7. The number of sulfonamides is 1. The number of aryl methyl sites for hydroxylation is 1. The highest BCUT2D eigenvalue weighted by Crippen LogP contribution is 2.31. The number of hydrogen-bond acceptors (Lipinski definition) is 3. The smallest absolute Gasteiger partial charge is 0.262 e. The van der Waals surface area contributed by atoms with Gasteiger partial charge < -0.3 is 5.73 Å². The third-order valence-corrected chi connectivity index (χ3v) is 5.28. The molecule has 2 aromatic rings. The van der Waals surface area contributed by atoms with E-state index in [4.69, 9.17) is 17.3 Å². The van der Waals surface area contributed by atoms with Gasteiger partial charge in [-0.15, -0.1) is 0 Å². The van der Waals surface area contributed by atoms with E-state index in [0.29, 0.717) is 10.0 Å². The molecule has 0 aliphatic rings. The van der Waals surface area contributed by atoms with Crippen LogP contribution in [0.4, 0.5) is 15.8 Å². The molecule has 112 valence electrons. The zero-order chi connectivity index (χ0) is 15.8. The molecule has 0 aliphatic carbocycles. The summed E-state index contributed by atoms with van der Waals surface area (Å²) >= 11 is 9.04. The zero-order valence-electron chi connectivity index (χ0n) is 10.8. The minimum Gasteiger partial charge on any atom is -0.398 e. The molecule has 0 aliphatic heterocycles. The number of nitrogen functional groups attached to an aromatic ring is 1. The maximum atomic E-state index is 13.7. The van der Waals surface area contributed by atoms with Crippen molar-refractivity contribution >= 4 is 48.9 Å². The highest BCUT2D eigenvalue weighted by Gasteiger charge is 2.21. The molecule has 0 heterocycles. The maximum Gasteiger partial charge on any atom is 0.262 e. The molecule has 0 radical (unpaired) electrons. The second-order valence-corrected chi connectivity index (χ2v) is 7.25. The van der Waals surface area contributed by atoms with Gasteiger partial charge in [0, 0.05) is 10.2 Å². The Morgan fingerprint density at radius 3 is 2.62 bits per heavy atom. The molecule has 2 rings (SSSR count). The summed E-state index contributed by atoms with van der Waals surface area (Å²) in [6.45, 7) is 1.61. The largest absolute Gasteiger partial charge is 0.398 e. The van der Waals surface area contributed by atoms with Gasteiger partial charge >= 0.3 is 0 Å². The van der Waals surface area contributed by atoms with Crippen LogP contribution >= 0.6 is 27.5 Å². The van der Waals surface area contributed by atoms with Crippen LogP contribution in [0.2, 0.25) is 5.02 Å². The SMILES string of the molecule is Cc1cc(Br)c(N)cc1S(=O)(=O)Nc1c(F)cccc1Cl. The molecule has 8 heteroatoms. The van der Waals surface area contributed by atoms with E-state index >= 15 is 0 Å². The minimum absolute atomic E-state index is 0.0266. The third kappa shape index (κ3) is 3.30. The fourth-order valence-corrected chi connectivity index (χ4v) is 3.82. The molecule has 0 atom stereocenters. The molecule has 3 N–H and O–H groups in total. The number of nitrogens with one attached hydrogen (secondary N) is 1. The van der Waals surface area contributed by atoms with E-state index in [0.717, 1.165) is 6.07 Å². The van der Waals surface area contributed by atoms with E-state index in [9.17, 15) is 12.8 Å². The number of halogens is 3. The quantitative estimate of drug-likeness (QED) is 0.776. The summed E-state index contributed by atoms with van der Waals surface area (Å²) in [6.07, 6.45) is 0. The Labute approximate surface area is 135 Å². The Morgan fingerprint density at radius 1 is 1.33 bits per heavy atom. The Balaban J connectivity index is 2.51. The summed E-state index contributed by atoms with van der Waals surface area (Å²) in [5, 5.41) is -0.0266. The van der Waals surface area contributed by atoms with Crippen molar-refractivity contribution in [1.82, 2.24) is 0 Å². The third-order valence-electron chi connectivity index (χ3n) is 2.78. The molecule has 0 amide bonds. The van der Waals surface area contributed by atoms with Crippen LogP contribution in [-0.4, -0.2) is 8.42 Å². The van der Waals surface area contributed by atoms with Crippen molar-refractivity contribution in [3.8, 4) is 0 Å². The minimum atomic E-state index is -4.00. The van der Waals surface area contributed by atoms with E-state index in [1.54, 1.807) is 13.0 Å². The molecule has 0 fully saturated rings. The van der Waals surface area contributed by atoms with Gasteiger partial charge in [-0.1, -0.05) is 17.7 Å². The molecule has 21 heavy (non-hydrogen) atoms. The summed E-state index contributed by atoms with van der Waals surface area (Å²) in [4.78, 5) is -0.0393. The van der Waals surface area contributed by atoms with Crippen molar-refractivity contribution in [1.29, 1.82) is 0 Å². The Hall–Kier alpha value is -1.31. The molecule has 2 aromatic carbocycles. The normalized spacial score (nSPS) is 11.4. The van der Waals surface area contributed by atoms with E-state index < -0.39 is 15.8 Å². The van der Waals surface area contributed by atoms with Gasteiger partial charge in [-0.2, -0.15) is 0 Å². The predicted molar refractivity (Wildman–Crippen MR) is 85.5 cm³/mol. The van der Waals surface area contributed by atoms with Crippen LogP contribution in [-0.2, 0) is 10.0 Å². The van der Waals surface area contributed by atoms with Crippen LogP contribution < -0.4 is 10.5 Å². The first-order chi connectivity index (χ1) is 9.72. The first kappa shape index (κ1) is 16.1. The average Bonchev–Trinajstić information content (AvgIpc) is 2.38. The average molecular weight is 394 g/mol. The van der Waals surface area contributed by atoms with Gasteiger partial charge in [-0.3, -0.25) is 4.72 Å². The predicted octanol–water partition coefficient (Wildman–Crippen LogP) is 3.93. The van der Waals surface area contributed by atoms with Gasteiger partial charge in [-0.05, 0) is 52.7 Å². The molecule has 0 bridgehead atoms. The zero-order valence-corrected chi connectivity index (χ0v) is 14.0. The van der Waals surface area contributed by atoms with Crippen molar-refractivity contribution in [3.05, 3.63) is 51.2 Å². The number of para-hydroxylation sites is 1. The lowest BCUT2D eigenvalue weighted by molar-refractivity contribution is 0.598. The first-order valence-electron chi connectivity index (χ1n) is 5.75. The lowest BCUT2D eigenvalue weighted by Crippen LogP contribution is -2.16. The molecule has 0 spiro atoms. The number of nitrogens with two attached hydrogens (primary N) is 1. The van der Waals surface area contributed by atoms with Gasteiger partial charge in [0.25, 0.3) is 10.0 Å². The van der Waals surface area contributed by atoms with Crippen molar-refractivity contribution in [2.24, 2.45) is 0 Å². The van der Waals surface area contributed by atoms with Gasteiger partial charge in [0.2, 0.25) is 0 Å². The highest BCUT2D eigenvalue weighted by molar-refractivity contribution is 9.10. The second kappa shape index (κ2) is 5.82. The number of hydrogen-bond donors (Lipinski definition) is 2. The summed E-state index contributed by atoms with van der Waals surface area (Å²) in [6, 6.07) is 6.78. The number of rotatable bonds is 3. The molecular formula is C13H11BrClFN2O2S. The summed E-state index contributed by atoms with van der Waals surface area (Å²) in [7, 11) is -4.00. The fraction of sp³-hybridized carbons (Fsp3) is 0.0769. The van der Waals surface area contributed by atoms with Crippen LogP contribution in [0.1, 0.15) is 5.56 Å². The Kier molecular flexibility index (Phi) is 4.46. The van der Waals surface area contributed by atoms with Crippen LogP contribution in [0.25, 0.3) is 0 Å². The summed E-state index contributed by atoms with van der Waals surface area (Å²) < 4.78 is 41.2. The standard InChI is InChI=1S/C13H11BrClFN2O2S/c1-7-5-8(14)11(17)6-12(7)21(19,20)18-13-9(15)3-2-4-10(13)16/h2-6,18H,17H2,1H3. The second-order valence-electron chi connectivity index (χ2n) is 4.34. The van der Waals surface area contributed by atoms with Crippen molar-refractivity contribution in [2.45, 2.75) is 11.8 Å². The molecule has 4 nitrogen and oxygen atoms in total. The topological polar surface area (TPSA) is 72.2 Å². The van der Waals surface area contributed by atoms with Crippen LogP contribution in [0.3, 0.4) is 0 Å². The number of benzene rings is 2. The highest BCUT2D eigenvalue weighted by atomic mass is 79.9. The van der Waals surface area contributed by atoms with Crippen LogP contribution in [0, 0.1) is 12.7 Å². The monoisotopic (exact) mass is 392 g/mol. The Bertz CT molecular complexity index is 792. The van der Waals surface area contributed by atoms with E-state index in [-0.39, 0.29) is 21.3 Å².